The van der Waals surface area contributed by atoms with E-state index in [2.05, 4.69) is 54.4 Å². The molecule has 0 spiro atoms. The van der Waals surface area contributed by atoms with E-state index in [1.54, 1.807) is 24.3 Å². The lowest BCUT2D eigenvalue weighted by atomic mass is 10.0. The average molecular weight is 568 g/mol. The van der Waals surface area contributed by atoms with Gasteiger partial charge in [0.2, 0.25) is 11.9 Å². The summed E-state index contributed by atoms with van der Waals surface area (Å²) in [6, 6.07) is 20.5. The Balaban J connectivity index is 1.17. The van der Waals surface area contributed by atoms with Crippen molar-refractivity contribution in [2.75, 3.05) is 60.2 Å². The van der Waals surface area contributed by atoms with Gasteiger partial charge in [0, 0.05) is 60.4 Å². The van der Waals surface area contributed by atoms with Crippen LogP contribution in [0, 0.1) is 5.82 Å². The fourth-order valence-corrected chi connectivity index (χ4v) is 5.57. The minimum Gasteiger partial charge on any atom is -0.379 e. The first-order chi connectivity index (χ1) is 20.5. The number of piperidine rings is 1. The number of hydrogen-bond acceptors (Lipinski definition) is 8. The van der Waals surface area contributed by atoms with Crippen molar-refractivity contribution in [1.82, 2.24) is 14.9 Å². The maximum absolute atomic E-state index is 14.2. The first-order valence-electron chi connectivity index (χ1n) is 14.3. The molecule has 3 aromatic carbocycles. The third-order valence-corrected chi connectivity index (χ3v) is 7.75. The van der Waals surface area contributed by atoms with Gasteiger partial charge in [-0.25, -0.2) is 9.37 Å². The van der Waals surface area contributed by atoms with Crippen molar-refractivity contribution in [2.24, 2.45) is 0 Å². The van der Waals surface area contributed by atoms with E-state index >= 15 is 0 Å². The molecule has 0 radical (unpaired) electrons. The highest BCUT2D eigenvalue weighted by Gasteiger charge is 2.26. The average Bonchev–Trinajstić information content (AvgIpc) is 3.02. The lowest BCUT2D eigenvalue weighted by molar-refractivity contribution is -0.111. The number of nitrogens with zero attached hydrogens (tertiary/aromatic N) is 4. The van der Waals surface area contributed by atoms with Crippen LogP contribution in [0.25, 0.3) is 10.9 Å². The van der Waals surface area contributed by atoms with Crippen molar-refractivity contribution in [3.05, 3.63) is 85.2 Å². The van der Waals surface area contributed by atoms with Crippen LogP contribution in [-0.4, -0.2) is 66.2 Å². The number of nitrogens with one attached hydrogen (secondary N) is 3. The summed E-state index contributed by atoms with van der Waals surface area (Å²) in [5.41, 5.74) is 3.91. The maximum atomic E-state index is 14.2. The van der Waals surface area contributed by atoms with Crippen molar-refractivity contribution in [3.63, 3.8) is 0 Å². The number of carbonyl (C=O) groups is 1. The summed E-state index contributed by atoms with van der Waals surface area (Å²) in [5.74, 6) is 0.129. The third-order valence-electron chi connectivity index (χ3n) is 7.75. The van der Waals surface area contributed by atoms with Gasteiger partial charge < -0.3 is 25.6 Å². The quantitative estimate of drug-likeness (QED) is 0.234. The molecule has 3 N–H and O–H groups in total. The van der Waals surface area contributed by atoms with Gasteiger partial charge >= 0.3 is 0 Å². The standard InChI is InChI=1S/C32H34FN7O2/c1-2-30(41)34-24-4-3-5-25(21-24)35-31-28-20-22(33)6-11-29(28)37-32(38-31)36-23-7-9-26(10-8-23)39-14-12-27(13-15-39)40-16-18-42-19-17-40/h2-11,20-21,27H,1,12-19H2,(H,34,41)(H2,35,36,37,38). The van der Waals surface area contributed by atoms with E-state index in [9.17, 15) is 9.18 Å². The zero-order valence-electron chi connectivity index (χ0n) is 23.4. The number of rotatable bonds is 8. The number of benzene rings is 3. The molecule has 216 valence electrons. The molecule has 10 heteroatoms. The van der Waals surface area contributed by atoms with Crippen molar-refractivity contribution in [1.29, 1.82) is 0 Å². The predicted octanol–water partition coefficient (Wildman–Crippen LogP) is 5.68. The monoisotopic (exact) mass is 567 g/mol. The molecule has 6 rings (SSSR count). The number of anilines is 6. The van der Waals surface area contributed by atoms with Crippen LogP contribution in [0.5, 0.6) is 0 Å². The molecular formula is C32H34FN7O2. The fourth-order valence-electron chi connectivity index (χ4n) is 5.57. The highest BCUT2D eigenvalue weighted by Crippen LogP contribution is 2.29. The van der Waals surface area contributed by atoms with Crippen LogP contribution in [-0.2, 0) is 9.53 Å². The molecule has 42 heavy (non-hydrogen) atoms. The second-order valence-electron chi connectivity index (χ2n) is 10.5. The molecule has 2 saturated heterocycles. The fraction of sp³-hybridized carbons (Fsp3) is 0.281. The number of ether oxygens (including phenoxy) is 1. The summed E-state index contributed by atoms with van der Waals surface area (Å²) in [6.07, 6.45) is 3.52. The van der Waals surface area contributed by atoms with Gasteiger partial charge in [0.1, 0.15) is 11.6 Å². The van der Waals surface area contributed by atoms with E-state index in [0.717, 1.165) is 57.9 Å². The zero-order valence-corrected chi connectivity index (χ0v) is 23.4. The lowest BCUT2D eigenvalue weighted by Crippen LogP contribution is -2.49. The third kappa shape index (κ3) is 6.50. The Morgan fingerprint density at radius 1 is 0.905 bits per heavy atom. The molecule has 9 nitrogen and oxygen atoms in total. The molecule has 0 bridgehead atoms. The Labute approximate surface area is 244 Å². The topological polar surface area (TPSA) is 94.6 Å². The molecule has 0 aliphatic carbocycles. The van der Waals surface area contributed by atoms with Gasteiger partial charge in [-0.1, -0.05) is 12.6 Å². The number of fused-ring (bicyclic) bond motifs is 1. The Kier molecular flexibility index (Phi) is 8.25. The molecule has 1 aromatic heterocycles. The van der Waals surface area contributed by atoms with Crippen molar-refractivity contribution >= 4 is 51.3 Å². The Bertz CT molecular complexity index is 1570. The van der Waals surface area contributed by atoms with Crippen LogP contribution in [0.1, 0.15) is 12.8 Å². The number of halogens is 1. The molecule has 2 aliphatic heterocycles. The van der Waals surface area contributed by atoms with E-state index in [0.29, 0.717) is 40.1 Å². The minimum atomic E-state index is -0.383. The first kappa shape index (κ1) is 27.6. The van der Waals surface area contributed by atoms with Crippen molar-refractivity contribution in [2.45, 2.75) is 18.9 Å². The van der Waals surface area contributed by atoms with Crippen LogP contribution in [0.2, 0.25) is 0 Å². The van der Waals surface area contributed by atoms with E-state index in [-0.39, 0.29) is 11.7 Å². The highest BCUT2D eigenvalue weighted by molar-refractivity contribution is 5.99. The highest BCUT2D eigenvalue weighted by atomic mass is 19.1. The van der Waals surface area contributed by atoms with Gasteiger partial charge in [-0.15, -0.1) is 0 Å². The molecule has 2 aliphatic rings. The smallest absolute Gasteiger partial charge is 0.247 e. The van der Waals surface area contributed by atoms with Gasteiger partial charge in [-0.2, -0.15) is 4.98 Å². The molecule has 0 unspecified atom stereocenters. The number of morpholine rings is 1. The first-order valence-corrected chi connectivity index (χ1v) is 14.3. The normalized spacial score (nSPS) is 16.3. The molecular weight excluding hydrogens is 533 g/mol. The summed E-state index contributed by atoms with van der Waals surface area (Å²) in [6.45, 7) is 9.31. The molecule has 4 aromatic rings. The minimum absolute atomic E-state index is 0.309. The van der Waals surface area contributed by atoms with Gasteiger partial charge in [0.05, 0.1) is 18.7 Å². The van der Waals surface area contributed by atoms with Gasteiger partial charge in [-0.05, 0) is 79.6 Å². The Morgan fingerprint density at radius 2 is 1.67 bits per heavy atom. The maximum Gasteiger partial charge on any atom is 0.247 e. The summed E-state index contributed by atoms with van der Waals surface area (Å²) in [7, 11) is 0. The second kappa shape index (κ2) is 12.5. The predicted molar refractivity (Wildman–Crippen MR) is 165 cm³/mol. The second-order valence-corrected chi connectivity index (χ2v) is 10.5. The molecule has 0 atom stereocenters. The summed E-state index contributed by atoms with van der Waals surface area (Å²) < 4.78 is 19.7. The van der Waals surface area contributed by atoms with Crippen molar-refractivity contribution in [3.8, 4) is 0 Å². The van der Waals surface area contributed by atoms with Gasteiger partial charge in [0.15, 0.2) is 0 Å². The van der Waals surface area contributed by atoms with Crippen molar-refractivity contribution < 1.29 is 13.9 Å². The van der Waals surface area contributed by atoms with E-state index in [4.69, 9.17) is 4.74 Å². The van der Waals surface area contributed by atoms with E-state index in [1.165, 1.54) is 23.9 Å². The van der Waals surface area contributed by atoms with Crippen LogP contribution in [0.4, 0.5) is 38.9 Å². The van der Waals surface area contributed by atoms with Crippen LogP contribution in [0.15, 0.2) is 79.4 Å². The zero-order chi connectivity index (χ0) is 28.9. The Morgan fingerprint density at radius 3 is 2.43 bits per heavy atom. The number of hydrogen-bond donors (Lipinski definition) is 3. The lowest BCUT2D eigenvalue weighted by Gasteiger charge is -2.40. The van der Waals surface area contributed by atoms with Crippen LogP contribution in [0.3, 0.4) is 0 Å². The SMILES string of the molecule is C=CC(=O)Nc1cccc(Nc2nc(Nc3ccc(N4CCC(N5CCOCC5)CC4)cc3)nc3ccc(F)cc23)c1. The number of carbonyl (C=O) groups excluding carboxylic acids is 1. The largest absolute Gasteiger partial charge is 0.379 e. The van der Waals surface area contributed by atoms with E-state index in [1.807, 2.05) is 18.2 Å². The summed E-state index contributed by atoms with van der Waals surface area (Å²) in [4.78, 5) is 26.1. The summed E-state index contributed by atoms with van der Waals surface area (Å²) in [5, 5.41) is 9.84. The van der Waals surface area contributed by atoms with Crippen LogP contribution < -0.4 is 20.9 Å². The number of aromatic nitrogens is 2. The Hall–Kier alpha value is -4.54. The molecule has 3 heterocycles. The van der Waals surface area contributed by atoms with Gasteiger partial charge in [0.25, 0.3) is 0 Å². The van der Waals surface area contributed by atoms with Gasteiger partial charge in [-0.3, -0.25) is 9.69 Å². The number of amides is 1. The van der Waals surface area contributed by atoms with Crippen LogP contribution >= 0.6 is 0 Å². The summed E-state index contributed by atoms with van der Waals surface area (Å²) >= 11 is 0. The molecule has 1 amide bonds. The molecule has 2 fully saturated rings. The molecule has 0 saturated carbocycles. The van der Waals surface area contributed by atoms with E-state index < -0.39 is 0 Å².